The van der Waals surface area contributed by atoms with Gasteiger partial charge in [0, 0.05) is 16.8 Å². The Morgan fingerprint density at radius 2 is 1.76 bits per heavy atom. The summed E-state index contributed by atoms with van der Waals surface area (Å²) in [5, 5.41) is 0. The molecule has 1 aromatic carbocycles. The molecule has 1 heterocycles. The van der Waals surface area contributed by atoms with E-state index in [-0.39, 0.29) is 6.29 Å². The highest BCUT2D eigenvalue weighted by molar-refractivity contribution is 14.1. The van der Waals surface area contributed by atoms with E-state index in [1.54, 1.807) is 0 Å². The number of hydrogen-bond acceptors (Lipinski definition) is 3. The van der Waals surface area contributed by atoms with E-state index in [9.17, 15) is 0 Å². The topological polar surface area (TPSA) is 27.7 Å². The molecule has 1 aromatic rings. The molecule has 1 saturated heterocycles. The minimum atomic E-state index is 0.0583. The minimum absolute atomic E-state index is 0.0583. The fourth-order valence-corrected chi connectivity index (χ4v) is 2.70. The lowest BCUT2D eigenvalue weighted by Gasteiger charge is -2.22. The molecule has 3 nitrogen and oxygen atoms in total. The molecule has 2 rings (SSSR count). The Kier molecular flexibility index (Phi) is 8.44. The van der Waals surface area contributed by atoms with E-state index in [1.165, 1.54) is 29.3 Å². The molecule has 0 spiro atoms. The zero-order valence-corrected chi connectivity index (χ0v) is 14.7. The van der Waals surface area contributed by atoms with Gasteiger partial charge in [-0.15, -0.1) is 0 Å². The molecule has 0 saturated carbocycles. The van der Waals surface area contributed by atoms with Crippen LogP contribution in [0.4, 0.5) is 0 Å². The SMILES string of the molecule is Ic1ccc(OCCCCCCOC2CCCCO2)cc1. The smallest absolute Gasteiger partial charge is 0.157 e. The fraction of sp³-hybridized carbons (Fsp3) is 0.647. The fourth-order valence-electron chi connectivity index (χ4n) is 2.34. The summed E-state index contributed by atoms with van der Waals surface area (Å²) in [6.07, 6.45) is 8.14. The van der Waals surface area contributed by atoms with Gasteiger partial charge in [-0.2, -0.15) is 0 Å². The van der Waals surface area contributed by atoms with E-state index >= 15 is 0 Å². The van der Waals surface area contributed by atoms with Crippen LogP contribution in [0.15, 0.2) is 24.3 Å². The zero-order valence-electron chi connectivity index (χ0n) is 12.6. The molecule has 0 bridgehead atoms. The molecule has 1 aliphatic heterocycles. The lowest BCUT2D eigenvalue weighted by Crippen LogP contribution is -2.22. The molecular formula is C17H25IO3. The van der Waals surface area contributed by atoms with Crippen molar-refractivity contribution in [3.05, 3.63) is 27.8 Å². The van der Waals surface area contributed by atoms with Crippen molar-refractivity contribution in [2.45, 2.75) is 51.2 Å². The summed E-state index contributed by atoms with van der Waals surface area (Å²) in [4.78, 5) is 0. The summed E-state index contributed by atoms with van der Waals surface area (Å²) in [6.45, 7) is 2.48. The second-order valence-electron chi connectivity index (χ2n) is 5.38. The molecule has 1 atom stereocenters. The molecule has 1 unspecified atom stereocenters. The third-order valence-electron chi connectivity index (χ3n) is 3.56. The Labute approximate surface area is 141 Å². The highest BCUT2D eigenvalue weighted by Gasteiger charge is 2.13. The van der Waals surface area contributed by atoms with Crippen molar-refractivity contribution < 1.29 is 14.2 Å². The van der Waals surface area contributed by atoms with E-state index < -0.39 is 0 Å². The van der Waals surface area contributed by atoms with Gasteiger partial charge in [0.2, 0.25) is 0 Å². The van der Waals surface area contributed by atoms with Gasteiger partial charge in [-0.25, -0.2) is 0 Å². The largest absolute Gasteiger partial charge is 0.494 e. The quantitative estimate of drug-likeness (QED) is 0.438. The Morgan fingerprint density at radius 1 is 1.00 bits per heavy atom. The summed E-state index contributed by atoms with van der Waals surface area (Å²) < 4.78 is 18.2. The second-order valence-corrected chi connectivity index (χ2v) is 6.63. The Morgan fingerprint density at radius 3 is 2.48 bits per heavy atom. The number of unbranched alkanes of at least 4 members (excludes halogenated alkanes) is 3. The van der Waals surface area contributed by atoms with Crippen LogP contribution < -0.4 is 4.74 Å². The molecule has 118 valence electrons. The highest BCUT2D eigenvalue weighted by Crippen LogP contribution is 2.15. The highest BCUT2D eigenvalue weighted by atomic mass is 127. The van der Waals surface area contributed by atoms with Gasteiger partial charge in [-0.3, -0.25) is 0 Å². The minimum Gasteiger partial charge on any atom is -0.494 e. The Hall–Kier alpha value is -0.330. The van der Waals surface area contributed by atoms with Crippen LogP contribution in [0.1, 0.15) is 44.9 Å². The van der Waals surface area contributed by atoms with Crippen LogP contribution in [0.2, 0.25) is 0 Å². The third-order valence-corrected chi connectivity index (χ3v) is 4.28. The van der Waals surface area contributed by atoms with Crippen molar-refractivity contribution >= 4 is 22.6 Å². The van der Waals surface area contributed by atoms with Gasteiger partial charge in [0.05, 0.1) is 6.61 Å². The summed E-state index contributed by atoms with van der Waals surface area (Å²) >= 11 is 2.30. The predicted molar refractivity (Wildman–Crippen MR) is 92.7 cm³/mol. The van der Waals surface area contributed by atoms with E-state index in [1.807, 2.05) is 12.1 Å². The molecule has 0 amide bonds. The van der Waals surface area contributed by atoms with E-state index in [2.05, 4.69) is 34.7 Å². The third kappa shape index (κ3) is 7.47. The van der Waals surface area contributed by atoms with E-state index in [0.717, 1.165) is 44.8 Å². The molecule has 0 aliphatic carbocycles. The van der Waals surface area contributed by atoms with Crippen molar-refractivity contribution in [2.24, 2.45) is 0 Å². The van der Waals surface area contributed by atoms with Crippen LogP contribution in [0.3, 0.4) is 0 Å². The van der Waals surface area contributed by atoms with Crippen molar-refractivity contribution in [2.75, 3.05) is 19.8 Å². The van der Waals surface area contributed by atoms with Crippen LogP contribution in [-0.2, 0) is 9.47 Å². The average molecular weight is 404 g/mol. The lowest BCUT2D eigenvalue weighted by atomic mass is 10.2. The number of halogens is 1. The number of rotatable bonds is 9. The molecule has 0 aromatic heterocycles. The number of hydrogen-bond donors (Lipinski definition) is 0. The maximum absolute atomic E-state index is 5.72. The molecule has 1 aliphatic rings. The van der Waals surface area contributed by atoms with Crippen LogP contribution in [-0.4, -0.2) is 26.1 Å². The van der Waals surface area contributed by atoms with Crippen LogP contribution in [0.5, 0.6) is 5.75 Å². The van der Waals surface area contributed by atoms with Crippen LogP contribution in [0.25, 0.3) is 0 Å². The van der Waals surface area contributed by atoms with Crippen molar-refractivity contribution in [3.8, 4) is 5.75 Å². The van der Waals surface area contributed by atoms with Gasteiger partial charge in [-0.05, 0) is 85.4 Å². The number of ether oxygens (including phenoxy) is 3. The Bertz CT molecular complexity index is 374. The lowest BCUT2D eigenvalue weighted by molar-refractivity contribution is -0.162. The number of benzene rings is 1. The molecule has 1 fully saturated rings. The predicted octanol–water partition coefficient (Wildman–Crippen LogP) is 4.77. The van der Waals surface area contributed by atoms with Crippen molar-refractivity contribution in [3.63, 3.8) is 0 Å². The molecule has 4 heteroatoms. The van der Waals surface area contributed by atoms with Gasteiger partial charge >= 0.3 is 0 Å². The second kappa shape index (κ2) is 10.4. The van der Waals surface area contributed by atoms with Gasteiger partial charge in [0.25, 0.3) is 0 Å². The van der Waals surface area contributed by atoms with Crippen LogP contribution >= 0.6 is 22.6 Å². The normalized spacial score (nSPS) is 18.6. The standard InChI is InChI=1S/C17H25IO3/c18-15-8-10-16(11-9-15)19-12-4-1-2-5-13-20-17-7-3-6-14-21-17/h8-11,17H,1-7,12-14H2. The van der Waals surface area contributed by atoms with Gasteiger partial charge < -0.3 is 14.2 Å². The first kappa shape index (κ1) is 17.0. The summed E-state index contributed by atoms with van der Waals surface area (Å²) in [5.41, 5.74) is 0. The van der Waals surface area contributed by atoms with Crippen molar-refractivity contribution in [1.82, 2.24) is 0 Å². The summed E-state index contributed by atoms with van der Waals surface area (Å²) in [6, 6.07) is 8.20. The molecule has 0 N–H and O–H groups in total. The first-order valence-corrected chi connectivity index (χ1v) is 9.04. The average Bonchev–Trinajstić information content (AvgIpc) is 2.53. The van der Waals surface area contributed by atoms with E-state index in [4.69, 9.17) is 14.2 Å². The summed E-state index contributed by atoms with van der Waals surface area (Å²) in [7, 11) is 0. The van der Waals surface area contributed by atoms with Gasteiger partial charge in [0.15, 0.2) is 6.29 Å². The van der Waals surface area contributed by atoms with Crippen LogP contribution in [0, 0.1) is 3.57 Å². The summed E-state index contributed by atoms with van der Waals surface area (Å²) in [5.74, 6) is 0.966. The molecular weight excluding hydrogens is 379 g/mol. The molecule has 21 heavy (non-hydrogen) atoms. The van der Waals surface area contributed by atoms with E-state index in [0.29, 0.717) is 0 Å². The maximum Gasteiger partial charge on any atom is 0.157 e. The van der Waals surface area contributed by atoms with Crippen molar-refractivity contribution in [1.29, 1.82) is 0 Å². The van der Waals surface area contributed by atoms with Gasteiger partial charge in [0.1, 0.15) is 5.75 Å². The first-order valence-electron chi connectivity index (χ1n) is 7.96. The first-order chi connectivity index (χ1) is 10.3. The molecule has 0 radical (unpaired) electrons. The Balaban J connectivity index is 1.40. The monoisotopic (exact) mass is 404 g/mol. The zero-order chi connectivity index (χ0) is 14.8. The maximum atomic E-state index is 5.72. The van der Waals surface area contributed by atoms with Gasteiger partial charge in [-0.1, -0.05) is 6.42 Å².